The van der Waals surface area contributed by atoms with Crippen LogP contribution in [0.3, 0.4) is 0 Å². The zero-order valence-corrected chi connectivity index (χ0v) is 6.73. The molecule has 0 spiro atoms. The summed E-state index contributed by atoms with van der Waals surface area (Å²) in [6.07, 6.45) is 1.48. The van der Waals surface area contributed by atoms with Crippen molar-refractivity contribution in [2.75, 3.05) is 5.73 Å². The van der Waals surface area contributed by atoms with Gasteiger partial charge in [-0.05, 0) is 18.2 Å². The van der Waals surface area contributed by atoms with E-state index in [0.29, 0.717) is 22.4 Å². The number of nitrogens with zero attached hydrogens (tertiary/aromatic N) is 3. The molecule has 0 aliphatic carbocycles. The van der Waals surface area contributed by atoms with Gasteiger partial charge in [-0.25, -0.2) is 4.98 Å². The van der Waals surface area contributed by atoms with Gasteiger partial charge in [0.1, 0.15) is 5.82 Å². The Labute approximate surface area is 74.6 Å². The summed E-state index contributed by atoms with van der Waals surface area (Å²) in [4.78, 5) is 8.11. The molecule has 0 saturated heterocycles. The molecule has 13 heavy (non-hydrogen) atoms. The first-order valence-electron chi connectivity index (χ1n) is 3.72. The average molecular weight is 170 g/mol. The minimum absolute atomic E-state index is 0.386. The highest BCUT2D eigenvalue weighted by molar-refractivity contribution is 5.76. The fraction of sp³-hybridized carbons (Fsp3) is 0. The van der Waals surface area contributed by atoms with E-state index in [1.807, 2.05) is 6.07 Å². The molecule has 2 aromatic rings. The van der Waals surface area contributed by atoms with Crippen LogP contribution in [0.5, 0.6) is 0 Å². The van der Waals surface area contributed by atoms with Gasteiger partial charge in [0.15, 0.2) is 0 Å². The van der Waals surface area contributed by atoms with Crippen molar-refractivity contribution >= 4 is 16.9 Å². The van der Waals surface area contributed by atoms with Crippen LogP contribution in [0.4, 0.5) is 5.82 Å². The summed E-state index contributed by atoms with van der Waals surface area (Å²) in [7, 11) is 0. The van der Waals surface area contributed by atoms with E-state index in [9.17, 15) is 0 Å². The highest BCUT2D eigenvalue weighted by Crippen LogP contribution is 2.11. The van der Waals surface area contributed by atoms with Crippen LogP contribution in [0, 0.1) is 11.3 Å². The van der Waals surface area contributed by atoms with Crippen molar-refractivity contribution in [3.63, 3.8) is 0 Å². The first-order valence-corrected chi connectivity index (χ1v) is 3.72. The summed E-state index contributed by atoms with van der Waals surface area (Å²) < 4.78 is 0. The van der Waals surface area contributed by atoms with Gasteiger partial charge in [-0.15, -0.1) is 0 Å². The molecule has 0 amide bonds. The van der Waals surface area contributed by atoms with Crippen molar-refractivity contribution in [3.8, 4) is 6.07 Å². The van der Waals surface area contributed by atoms with Gasteiger partial charge in [0.2, 0.25) is 0 Å². The quantitative estimate of drug-likeness (QED) is 0.641. The summed E-state index contributed by atoms with van der Waals surface area (Å²) in [5, 5.41) is 8.63. The van der Waals surface area contributed by atoms with Crippen LogP contribution in [-0.2, 0) is 0 Å². The molecule has 1 aromatic heterocycles. The highest BCUT2D eigenvalue weighted by atomic mass is 14.9. The molecule has 0 aliphatic rings. The van der Waals surface area contributed by atoms with E-state index >= 15 is 0 Å². The standard InChI is InChI=1S/C9H6N4/c10-4-6-1-2-7-8(3-6)12-5-9(11)13-7/h1-3,5H,(H2,11,13). The van der Waals surface area contributed by atoms with E-state index in [-0.39, 0.29) is 0 Å². The summed E-state index contributed by atoms with van der Waals surface area (Å²) >= 11 is 0. The van der Waals surface area contributed by atoms with Crippen molar-refractivity contribution in [1.82, 2.24) is 9.97 Å². The van der Waals surface area contributed by atoms with Gasteiger partial charge >= 0.3 is 0 Å². The Morgan fingerprint density at radius 3 is 2.92 bits per heavy atom. The topological polar surface area (TPSA) is 75.6 Å². The minimum Gasteiger partial charge on any atom is -0.382 e. The Morgan fingerprint density at radius 1 is 1.31 bits per heavy atom. The lowest BCUT2D eigenvalue weighted by Gasteiger charge is -1.97. The molecule has 4 nitrogen and oxygen atoms in total. The molecular weight excluding hydrogens is 164 g/mol. The molecule has 0 saturated carbocycles. The number of nitriles is 1. The van der Waals surface area contributed by atoms with E-state index in [1.54, 1.807) is 18.2 Å². The largest absolute Gasteiger partial charge is 0.382 e. The Balaban J connectivity index is 2.75. The van der Waals surface area contributed by atoms with Crippen molar-refractivity contribution < 1.29 is 0 Å². The lowest BCUT2D eigenvalue weighted by molar-refractivity contribution is 1.30. The van der Waals surface area contributed by atoms with Crippen molar-refractivity contribution in [3.05, 3.63) is 30.0 Å². The van der Waals surface area contributed by atoms with E-state index in [1.165, 1.54) is 6.20 Å². The predicted molar refractivity (Wildman–Crippen MR) is 48.7 cm³/mol. The fourth-order valence-corrected chi connectivity index (χ4v) is 1.09. The number of nitrogens with two attached hydrogens (primary N) is 1. The van der Waals surface area contributed by atoms with Crippen molar-refractivity contribution in [2.45, 2.75) is 0 Å². The molecule has 0 atom stereocenters. The first-order chi connectivity index (χ1) is 6.29. The molecular formula is C9H6N4. The van der Waals surface area contributed by atoms with Gasteiger partial charge in [0, 0.05) is 0 Å². The van der Waals surface area contributed by atoms with Gasteiger partial charge in [-0.1, -0.05) is 0 Å². The normalized spacial score (nSPS) is 9.77. The number of rotatable bonds is 0. The van der Waals surface area contributed by atoms with Crippen LogP contribution >= 0.6 is 0 Å². The fourth-order valence-electron chi connectivity index (χ4n) is 1.09. The molecule has 1 aromatic carbocycles. The molecule has 2 N–H and O–H groups in total. The number of nitrogen functional groups attached to an aromatic ring is 1. The number of benzene rings is 1. The predicted octanol–water partition coefficient (Wildman–Crippen LogP) is 1.08. The lowest BCUT2D eigenvalue weighted by Crippen LogP contribution is -1.92. The van der Waals surface area contributed by atoms with Crippen LogP contribution in [0.2, 0.25) is 0 Å². The maximum absolute atomic E-state index is 8.63. The van der Waals surface area contributed by atoms with Gasteiger partial charge in [-0.3, -0.25) is 4.98 Å². The molecule has 0 fully saturated rings. The monoisotopic (exact) mass is 170 g/mol. The van der Waals surface area contributed by atoms with Crippen molar-refractivity contribution in [1.29, 1.82) is 5.26 Å². The first kappa shape index (κ1) is 7.50. The highest BCUT2D eigenvalue weighted by Gasteiger charge is 1.98. The number of anilines is 1. The third kappa shape index (κ3) is 1.27. The zero-order valence-electron chi connectivity index (χ0n) is 6.73. The molecule has 0 aliphatic heterocycles. The Hall–Kier alpha value is -2.15. The lowest BCUT2D eigenvalue weighted by atomic mass is 10.2. The molecule has 1 heterocycles. The molecule has 0 radical (unpaired) electrons. The van der Waals surface area contributed by atoms with E-state index in [4.69, 9.17) is 11.0 Å². The number of hydrogen-bond donors (Lipinski definition) is 1. The number of hydrogen-bond acceptors (Lipinski definition) is 4. The molecule has 4 heteroatoms. The second-order valence-electron chi connectivity index (χ2n) is 2.61. The zero-order chi connectivity index (χ0) is 9.26. The van der Waals surface area contributed by atoms with Crippen LogP contribution in [0.1, 0.15) is 5.56 Å². The average Bonchev–Trinajstić information content (AvgIpc) is 2.17. The third-order valence-electron chi connectivity index (χ3n) is 1.69. The molecule has 0 bridgehead atoms. The van der Waals surface area contributed by atoms with Gasteiger partial charge in [0.05, 0.1) is 28.9 Å². The SMILES string of the molecule is N#Cc1ccc2nc(N)cnc2c1. The Kier molecular flexibility index (Phi) is 1.57. The van der Waals surface area contributed by atoms with Crippen LogP contribution in [0.25, 0.3) is 11.0 Å². The van der Waals surface area contributed by atoms with E-state index in [2.05, 4.69) is 9.97 Å². The van der Waals surface area contributed by atoms with Crippen molar-refractivity contribution in [2.24, 2.45) is 0 Å². The second kappa shape index (κ2) is 2.72. The van der Waals surface area contributed by atoms with Crippen LogP contribution < -0.4 is 5.73 Å². The maximum Gasteiger partial charge on any atom is 0.142 e. The molecule has 2 rings (SSSR count). The second-order valence-corrected chi connectivity index (χ2v) is 2.61. The number of aromatic nitrogens is 2. The summed E-state index contributed by atoms with van der Waals surface area (Å²) in [5.41, 5.74) is 7.43. The van der Waals surface area contributed by atoms with E-state index in [0.717, 1.165) is 0 Å². The minimum atomic E-state index is 0.386. The molecule has 0 unspecified atom stereocenters. The third-order valence-corrected chi connectivity index (χ3v) is 1.69. The van der Waals surface area contributed by atoms with Gasteiger partial charge < -0.3 is 5.73 Å². The van der Waals surface area contributed by atoms with Gasteiger partial charge in [0.25, 0.3) is 0 Å². The summed E-state index contributed by atoms with van der Waals surface area (Å²) in [6.45, 7) is 0. The summed E-state index contributed by atoms with van der Waals surface area (Å²) in [6, 6.07) is 7.14. The van der Waals surface area contributed by atoms with Gasteiger partial charge in [-0.2, -0.15) is 5.26 Å². The Morgan fingerprint density at radius 2 is 2.15 bits per heavy atom. The maximum atomic E-state index is 8.63. The van der Waals surface area contributed by atoms with Crippen LogP contribution in [0.15, 0.2) is 24.4 Å². The summed E-state index contributed by atoms with van der Waals surface area (Å²) in [5.74, 6) is 0.386. The Bertz CT molecular complexity index is 498. The van der Waals surface area contributed by atoms with E-state index < -0.39 is 0 Å². The smallest absolute Gasteiger partial charge is 0.142 e. The number of fused-ring (bicyclic) bond motifs is 1. The molecule has 62 valence electrons. The van der Waals surface area contributed by atoms with Crippen LogP contribution in [-0.4, -0.2) is 9.97 Å².